The van der Waals surface area contributed by atoms with Crippen molar-refractivity contribution < 1.29 is 0 Å². The van der Waals surface area contributed by atoms with Gasteiger partial charge in [-0.05, 0) is 90.5 Å². The van der Waals surface area contributed by atoms with Crippen molar-refractivity contribution in [3.8, 4) is 51.4 Å². The highest BCUT2D eigenvalue weighted by atomic mass is 15.0. The lowest BCUT2D eigenvalue weighted by molar-refractivity contribution is -0.00518. The summed E-state index contributed by atoms with van der Waals surface area (Å²) in [6, 6.07) is 37.5. The average Bonchev–Trinajstić information content (AvgIpc) is 3.04. The third-order valence-electron chi connectivity index (χ3n) is 9.95. The first-order chi connectivity index (χ1) is 20.6. The molecule has 0 aliphatic heterocycles. The van der Waals surface area contributed by atoms with E-state index >= 15 is 0 Å². The Morgan fingerprint density at radius 1 is 0.500 bits per heavy atom. The summed E-state index contributed by atoms with van der Waals surface area (Å²) in [6.07, 6.45) is 8.48. The fourth-order valence-corrected chi connectivity index (χ4v) is 8.34. The Balaban J connectivity index is 1.14. The highest BCUT2D eigenvalue weighted by Gasteiger charge is 2.51. The van der Waals surface area contributed by atoms with Gasteiger partial charge in [-0.1, -0.05) is 91.0 Å². The standard InChI is InChI=1S/C38H32N4/c39-24-25-6-8-29(9-7-25)30-10-12-32(13-11-30)36-40-35(31-4-2-1-3-5-31)41-37(42-36)33-14-16-34(17-15-33)38-21-26-18-27(22-38)20-28(19-26)23-38/h1-17,26-28H,18-23H2/t26-,27+,28?,38?. The SMILES string of the molecule is N#Cc1ccc(-c2ccc(-c3nc(-c4ccccc4)nc(-c4ccc(C56CC7C[C@H](C5)C[C@@H](C7)C6)cc4)n3)cc2)cc1. The second kappa shape index (κ2) is 10.0. The van der Waals surface area contributed by atoms with Gasteiger partial charge in [0.1, 0.15) is 0 Å². The summed E-state index contributed by atoms with van der Waals surface area (Å²) >= 11 is 0. The van der Waals surface area contributed by atoms with Gasteiger partial charge in [-0.15, -0.1) is 0 Å². The fourth-order valence-electron chi connectivity index (χ4n) is 8.34. The molecule has 4 aliphatic rings. The lowest BCUT2D eigenvalue weighted by Crippen LogP contribution is -2.48. The number of rotatable bonds is 5. The summed E-state index contributed by atoms with van der Waals surface area (Å²) in [7, 11) is 0. The van der Waals surface area contributed by atoms with Crippen molar-refractivity contribution in [2.45, 2.75) is 43.9 Å². The van der Waals surface area contributed by atoms with E-state index in [-0.39, 0.29) is 0 Å². The van der Waals surface area contributed by atoms with Crippen molar-refractivity contribution in [3.05, 3.63) is 114 Å². The largest absolute Gasteiger partial charge is 0.208 e. The fraction of sp³-hybridized carbons (Fsp3) is 0.263. The number of hydrogen-bond acceptors (Lipinski definition) is 4. The van der Waals surface area contributed by atoms with Gasteiger partial charge in [-0.25, -0.2) is 15.0 Å². The number of nitrogens with zero attached hydrogens (tertiary/aromatic N) is 4. The molecule has 4 aliphatic carbocycles. The third kappa shape index (κ3) is 4.50. The summed E-state index contributed by atoms with van der Waals surface area (Å²) in [4.78, 5) is 14.9. The van der Waals surface area contributed by atoms with E-state index in [0.29, 0.717) is 28.5 Å². The molecule has 4 heteroatoms. The third-order valence-corrected chi connectivity index (χ3v) is 9.95. The van der Waals surface area contributed by atoms with Crippen LogP contribution in [0.3, 0.4) is 0 Å². The van der Waals surface area contributed by atoms with E-state index in [2.05, 4.69) is 54.6 Å². The Hall–Kier alpha value is -4.62. The van der Waals surface area contributed by atoms with E-state index in [1.807, 2.05) is 54.6 Å². The van der Waals surface area contributed by atoms with Crippen molar-refractivity contribution in [3.63, 3.8) is 0 Å². The van der Waals surface area contributed by atoms with Gasteiger partial charge >= 0.3 is 0 Å². The molecule has 42 heavy (non-hydrogen) atoms. The average molecular weight is 545 g/mol. The van der Waals surface area contributed by atoms with Crippen molar-refractivity contribution in [1.82, 2.24) is 15.0 Å². The first-order valence-corrected chi connectivity index (χ1v) is 15.2. The lowest BCUT2D eigenvalue weighted by Gasteiger charge is -2.57. The minimum atomic E-state index is 0.378. The van der Waals surface area contributed by atoms with Crippen molar-refractivity contribution in [2.24, 2.45) is 17.8 Å². The van der Waals surface area contributed by atoms with Crippen LogP contribution in [0.2, 0.25) is 0 Å². The maximum absolute atomic E-state index is 9.12. The number of hydrogen-bond donors (Lipinski definition) is 0. The zero-order valence-corrected chi connectivity index (χ0v) is 23.6. The molecule has 1 heterocycles. The van der Waals surface area contributed by atoms with Crippen LogP contribution < -0.4 is 0 Å². The second-order valence-electron chi connectivity index (χ2n) is 12.7. The molecule has 4 nitrogen and oxygen atoms in total. The molecule has 0 unspecified atom stereocenters. The smallest absolute Gasteiger partial charge is 0.164 e. The predicted molar refractivity (Wildman–Crippen MR) is 166 cm³/mol. The van der Waals surface area contributed by atoms with Crippen LogP contribution in [-0.4, -0.2) is 15.0 Å². The molecular weight excluding hydrogens is 512 g/mol. The highest BCUT2D eigenvalue weighted by molar-refractivity contribution is 5.70. The van der Waals surface area contributed by atoms with Gasteiger partial charge in [0.15, 0.2) is 17.5 Å². The van der Waals surface area contributed by atoms with Crippen molar-refractivity contribution >= 4 is 0 Å². The zero-order valence-electron chi connectivity index (χ0n) is 23.6. The molecule has 0 saturated heterocycles. The second-order valence-corrected chi connectivity index (χ2v) is 12.7. The molecular formula is C38H32N4. The molecule has 0 N–H and O–H groups in total. The van der Waals surface area contributed by atoms with E-state index in [4.69, 9.17) is 20.2 Å². The van der Waals surface area contributed by atoms with Crippen LogP contribution in [0.4, 0.5) is 0 Å². The molecule has 1 aromatic heterocycles. The minimum Gasteiger partial charge on any atom is -0.208 e. The van der Waals surface area contributed by atoms with Crippen LogP contribution in [0.1, 0.15) is 49.7 Å². The zero-order chi connectivity index (χ0) is 28.1. The van der Waals surface area contributed by atoms with Gasteiger partial charge in [-0.3, -0.25) is 0 Å². The maximum atomic E-state index is 9.12. The van der Waals surface area contributed by atoms with E-state index in [9.17, 15) is 0 Å². The molecule has 9 rings (SSSR count). The summed E-state index contributed by atoms with van der Waals surface area (Å²) in [6.45, 7) is 0. The van der Waals surface area contributed by atoms with Crippen LogP contribution in [0.25, 0.3) is 45.3 Å². The normalized spacial score (nSPS) is 23.9. The molecule has 0 atom stereocenters. The van der Waals surface area contributed by atoms with E-state index in [1.165, 1.54) is 44.1 Å². The van der Waals surface area contributed by atoms with Crippen LogP contribution in [0, 0.1) is 29.1 Å². The van der Waals surface area contributed by atoms with Gasteiger partial charge in [0.25, 0.3) is 0 Å². The first-order valence-electron chi connectivity index (χ1n) is 15.2. The summed E-state index contributed by atoms with van der Waals surface area (Å²) in [5.74, 6) is 4.83. The summed E-state index contributed by atoms with van der Waals surface area (Å²) in [5.41, 5.74) is 7.65. The van der Waals surface area contributed by atoms with E-state index < -0.39 is 0 Å². The quantitative estimate of drug-likeness (QED) is 0.222. The Labute approximate surface area is 247 Å². The molecule has 0 amide bonds. The van der Waals surface area contributed by atoms with E-state index in [1.54, 1.807) is 0 Å². The van der Waals surface area contributed by atoms with Gasteiger partial charge in [-0.2, -0.15) is 5.26 Å². The molecule has 0 spiro atoms. The Bertz CT molecular complexity index is 1750. The number of benzene rings is 4. The van der Waals surface area contributed by atoms with Gasteiger partial charge < -0.3 is 0 Å². The summed E-state index contributed by atoms with van der Waals surface area (Å²) in [5, 5.41) is 9.12. The van der Waals surface area contributed by atoms with Crippen molar-refractivity contribution in [1.29, 1.82) is 5.26 Å². The molecule has 204 valence electrons. The Kier molecular flexibility index (Phi) is 6.00. The van der Waals surface area contributed by atoms with Gasteiger partial charge in [0.05, 0.1) is 11.6 Å². The van der Waals surface area contributed by atoms with Crippen LogP contribution in [-0.2, 0) is 5.41 Å². The molecule has 4 fully saturated rings. The predicted octanol–water partition coefficient (Wildman–Crippen LogP) is 8.88. The van der Waals surface area contributed by atoms with Crippen LogP contribution in [0.5, 0.6) is 0 Å². The molecule has 4 saturated carbocycles. The van der Waals surface area contributed by atoms with Crippen molar-refractivity contribution in [2.75, 3.05) is 0 Å². The molecule has 0 radical (unpaired) electrons. The molecule has 4 bridgehead atoms. The first kappa shape index (κ1) is 25.1. The van der Waals surface area contributed by atoms with Gasteiger partial charge in [0.2, 0.25) is 0 Å². The minimum absolute atomic E-state index is 0.378. The van der Waals surface area contributed by atoms with Gasteiger partial charge in [0, 0.05) is 16.7 Å². The topological polar surface area (TPSA) is 62.5 Å². The number of aromatic nitrogens is 3. The Morgan fingerprint density at radius 2 is 0.905 bits per heavy atom. The molecule has 4 aromatic carbocycles. The van der Waals surface area contributed by atoms with Crippen LogP contribution in [0.15, 0.2) is 103 Å². The monoisotopic (exact) mass is 544 g/mol. The highest BCUT2D eigenvalue weighted by Crippen LogP contribution is 2.60. The van der Waals surface area contributed by atoms with Crippen LogP contribution >= 0.6 is 0 Å². The maximum Gasteiger partial charge on any atom is 0.164 e. The molecule has 5 aromatic rings. The number of nitriles is 1. The Morgan fingerprint density at radius 3 is 1.38 bits per heavy atom. The summed E-state index contributed by atoms with van der Waals surface area (Å²) < 4.78 is 0. The van der Waals surface area contributed by atoms with E-state index in [0.717, 1.165) is 45.6 Å². The lowest BCUT2D eigenvalue weighted by atomic mass is 9.48.